The maximum absolute atomic E-state index is 5.31. The van der Waals surface area contributed by atoms with Crippen LogP contribution in [0.1, 0.15) is 0 Å². The molecule has 136 heavy (non-hydrogen) atoms. The summed E-state index contributed by atoms with van der Waals surface area (Å²) in [5, 5.41) is 28.7. The fourth-order valence-electron chi connectivity index (χ4n) is 20.8. The van der Waals surface area contributed by atoms with Gasteiger partial charge in [0.2, 0.25) is 0 Å². The highest BCUT2D eigenvalue weighted by Crippen LogP contribution is 2.49. The third-order valence-corrected chi connectivity index (χ3v) is 27.0. The van der Waals surface area contributed by atoms with Crippen LogP contribution in [0.25, 0.3) is 275 Å². The van der Waals surface area contributed by atoms with E-state index >= 15 is 0 Å². The number of hydrogen-bond acceptors (Lipinski definition) is 10. The predicted molar refractivity (Wildman–Crippen MR) is 565 cm³/mol. The Balaban J connectivity index is 0.000000106. The highest BCUT2D eigenvalue weighted by molar-refractivity contribution is 6.36. The zero-order valence-corrected chi connectivity index (χ0v) is 73.4. The van der Waals surface area contributed by atoms with Gasteiger partial charge in [-0.2, -0.15) is 0 Å². The molecule has 28 rings (SSSR count). The molecule has 0 spiro atoms. The minimum Gasteiger partial charge on any atom is -0.256 e. The van der Waals surface area contributed by atoms with Crippen molar-refractivity contribution in [3.63, 3.8) is 0 Å². The van der Waals surface area contributed by atoms with Crippen molar-refractivity contribution in [2.45, 2.75) is 0 Å². The van der Waals surface area contributed by atoms with Crippen molar-refractivity contribution in [2.75, 3.05) is 0 Å². The van der Waals surface area contributed by atoms with E-state index in [1.807, 2.05) is 134 Å². The van der Waals surface area contributed by atoms with Crippen LogP contribution >= 0.6 is 0 Å². The largest absolute Gasteiger partial charge is 0.256 e. The number of nitrogens with zero attached hydrogens (tertiary/aromatic N) is 10. The SMILES string of the molecule is c1cc2ccc3ccc(-c4ccc(-c5nc6ccccc6c6c7ccccc7c7ncccc7c56)cc4)c4ccc(c1)c2c34.c1ccc(-c2cc(-c3ccc(-c4nc5ccccc5c5c6ccccc6c6ncccc6c45)cc3)cc(-c3ccccn3)c2)nc1.c1ccc(-c2cc(-c3ccc(-c4nc5ccccc5c5c6cccnc6c6ccccc6c45)cc3)cc(-c3ccccn3)c2)nc1. The van der Waals surface area contributed by atoms with E-state index < -0.39 is 0 Å². The van der Waals surface area contributed by atoms with Crippen LogP contribution in [0, 0.1) is 0 Å². The van der Waals surface area contributed by atoms with Crippen LogP contribution < -0.4 is 0 Å². The number of hydrogen-bond donors (Lipinski definition) is 0. The lowest BCUT2D eigenvalue weighted by molar-refractivity contribution is 1.31. The standard InChI is InChI=1S/2C42H26N4.C42H24N2/c1-2-11-33-32(10-1)40-39(35-13-9-23-45-42(33)35)34-12-3-4-16-38(34)46-41(40)28-19-17-27(18-20-28)29-24-30(36-14-5-7-21-43-36)26-31(25-29)37-15-6-8-22-44-37;1-2-11-33-32(10-1)39-34-12-3-4-16-38(34)46-41(40(39)35-13-9-23-45-42(33)35)28-19-17-27(18-20-28)29-24-30(36-14-5-7-21-43-36)26-31(25-29)37-15-6-8-22-44-37;1-2-10-33-31(9-1)39-34-11-3-4-13-36(34)44-41(40(39)35-12-6-24-43-42(33)35)29-18-14-25(15-19-29)30-22-20-28-17-16-26-7-5-8-27-21-23-32(30)38(28)37(26)27/h2*1-26H;1-24H. The van der Waals surface area contributed by atoms with Crippen molar-refractivity contribution < 1.29 is 0 Å². The van der Waals surface area contributed by atoms with Gasteiger partial charge in [0, 0.05) is 163 Å². The molecule has 18 aromatic carbocycles. The Kier molecular flexibility index (Phi) is 19.0. The molecule has 0 aliphatic carbocycles. The molecule has 0 unspecified atom stereocenters. The molecule has 28 aromatic rings. The molecule has 0 fully saturated rings. The van der Waals surface area contributed by atoms with Crippen LogP contribution in [-0.2, 0) is 0 Å². The Labute approximate surface area is 781 Å². The molecule has 0 bridgehead atoms. The molecule has 10 aromatic heterocycles. The Morgan fingerprint density at radius 3 is 0.779 bits per heavy atom. The van der Waals surface area contributed by atoms with Crippen LogP contribution in [0.3, 0.4) is 0 Å². The van der Waals surface area contributed by atoms with Crippen LogP contribution in [0.15, 0.2) is 462 Å². The zero-order valence-electron chi connectivity index (χ0n) is 73.4. The second-order valence-corrected chi connectivity index (χ2v) is 34.7. The van der Waals surface area contributed by atoms with Gasteiger partial charge in [-0.05, 0) is 203 Å². The van der Waals surface area contributed by atoms with Gasteiger partial charge in [-0.3, -0.25) is 34.9 Å². The van der Waals surface area contributed by atoms with E-state index in [0.717, 1.165) is 193 Å². The van der Waals surface area contributed by atoms with Crippen molar-refractivity contribution in [1.82, 2.24) is 49.8 Å². The van der Waals surface area contributed by atoms with Crippen molar-refractivity contribution >= 4 is 162 Å². The van der Waals surface area contributed by atoms with E-state index in [1.165, 1.54) is 81.1 Å². The third kappa shape index (κ3) is 13.5. The fraction of sp³-hybridized carbons (Fsp3) is 0. The summed E-state index contributed by atoms with van der Waals surface area (Å²) in [7, 11) is 0. The first kappa shape index (κ1) is 78.6. The lowest BCUT2D eigenvalue weighted by atomic mass is 9.89. The van der Waals surface area contributed by atoms with E-state index in [4.69, 9.17) is 29.9 Å². The molecular weight excluding hydrogens is 1650 g/mol. The smallest absolute Gasteiger partial charge is 0.0795 e. The maximum Gasteiger partial charge on any atom is 0.0795 e. The summed E-state index contributed by atoms with van der Waals surface area (Å²) < 4.78 is 0. The number of rotatable bonds is 10. The van der Waals surface area contributed by atoms with Crippen LogP contribution in [0.5, 0.6) is 0 Å². The van der Waals surface area contributed by atoms with Gasteiger partial charge in [0.1, 0.15) is 0 Å². The van der Waals surface area contributed by atoms with Gasteiger partial charge >= 0.3 is 0 Å². The zero-order chi connectivity index (χ0) is 89.7. The molecule has 0 radical (unpaired) electrons. The monoisotopic (exact) mass is 1730 g/mol. The number of pyridine rings is 10. The van der Waals surface area contributed by atoms with Gasteiger partial charge in [-0.25, -0.2) is 15.0 Å². The number of aromatic nitrogens is 10. The Hall–Kier alpha value is -18.4. The second kappa shape index (κ2) is 32.9. The van der Waals surface area contributed by atoms with Gasteiger partial charge in [0.15, 0.2) is 0 Å². The summed E-state index contributed by atoms with van der Waals surface area (Å²) in [6, 6.07) is 148. The first-order valence-electron chi connectivity index (χ1n) is 45.9. The van der Waals surface area contributed by atoms with Gasteiger partial charge in [0.05, 0.1) is 73.0 Å². The van der Waals surface area contributed by atoms with Crippen molar-refractivity contribution in [3.8, 4) is 112 Å². The van der Waals surface area contributed by atoms with E-state index in [2.05, 4.69) is 348 Å². The average molecular weight is 1730 g/mol. The molecule has 630 valence electrons. The molecule has 10 nitrogen and oxygen atoms in total. The Morgan fingerprint density at radius 1 is 0.132 bits per heavy atom. The Bertz CT molecular complexity index is 9150. The minimum absolute atomic E-state index is 0.928. The van der Waals surface area contributed by atoms with E-state index in [0.29, 0.717) is 0 Å². The second-order valence-electron chi connectivity index (χ2n) is 34.7. The van der Waals surface area contributed by atoms with Crippen molar-refractivity contribution in [3.05, 3.63) is 462 Å². The van der Waals surface area contributed by atoms with E-state index in [1.54, 1.807) is 0 Å². The molecule has 0 aliphatic heterocycles. The highest BCUT2D eigenvalue weighted by Gasteiger charge is 2.25. The first-order chi connectivity index (χ1) is 67.5. The van der Waals surface area contributed by atoms with E-state index in [9.17, 15) is 0 Å². The normalized spacial score (nSPS) is 11.7. The van der Waals surface area contributed by atoms with Gasteiger partial charge < -0.3 is 0 Å². The van der Waals surface area contributed by atoms with E-state index in [-0.39, 0.29) is 0 Å². The molecule has 0 saturated heterocycles. The quantitative estimate of drug-likeness (QED) is 0.122. The molecular formula is C126H76N10. The number of benzene rings is 18. The summed E-state index contributed by atoms with van der Waals surface area (Å²) >= 11 is 0. The maximum atomic E-state index is 5.31. The summed E-state index contributed by atoms with van der Waals surface area (Å²) in [4.78, 5) is 49.0. The van der Waals surface area contributed by atoms with Gasteiger partial charge in [-0.1, -0.05) is 297 Å². The lowest BCUT2D eigenvalue weighted by Gasteiger charge is -2.16. The molecule has 0 N–H and O–H groups in total. The average Bonchev–Trinajstić information content (AvgIpc) is 0.711. The van der Waals surface area contributed by atoms with Gasteiger partial charge in [0.25, 0.3) is 0 Å². The molecule has 0 amide bonds. The summed E-state index contributed by atoms with van der Waals surface area (Å²) in [6.45, 7) is 0. The Morgan fingerprint density at radius 2 is 0.404 bits per heavy atom. The van der Waals surface area contributed by atoms with Crippen LogP contribution in [0.4, 0.5) is 0 Å². The third-order valence-electron chi connectivity index (χ3n) is 27.0. The number of fused-ring (bicyclic) bond motifs is 24. The van der Waals surface area contributed by atoms with Crippen molar-refractivity contribution in [2.24, 2.45) is 0 Å². The highest BCUT2D eigenvalue weighted by atomic mass is 14.7. The molecule has 10 heterocycles. The lowest BCUT2D eigenvalue weighted by Crippen LogP contribution is -1.94. The minimum atomic E-state index is 0.928. The number of para-hydroxylation sites is 3. The first-order valence-corrected chi connectivity index (χ1v) is 45.9. The molecule has 10 heteroatoms. The predicted octanol–water partition coefficient (Wildman–Crippen LogP) is 32.4. The molecule has 0 atom stereocenters. The van der Waals surface area contributed by atoms with Crippen LogP contribution in [0.2, 0.25) is 0 Å². The van der Waals surface area contributed by atoms with Crippen molar-refractivity contribution in [1.29, 1.82) is 0 Å². The van der Waals surface area contributed by atoms with Gasteiger partial charge in [-0.15, -0.1) is 0 Å². The van der Waals surface area contributed by atoms with Crippen LogP contribution in [-0.4, -0.2) is 49.8 Å². The topological polar surface area (TPSA) is 129 Å². The molecule has 0 aliphatic rings. The fourth-order valence-corrected chi connectivity index (χ4v) is 20.8. The summed E-state index contributed by atoms with van der Waals surface area (Å²) in [6.07, 6.45) is 13.0. The summed E-state index contributed by atoms with van der Waals surface area (Å²) in [5.41, 5.74) is 26.9. The summed E-state index contributed by atoms with van der Waals surface area (Å²) in [5.74, 6) is 0. The molecule has 0 saturated carbocycles.